The third-order valence-corrected chi connectivity index (χ3v) is 4.66. The number of morpholine rings is 1. The van der Waals surface area contributed by atoms with Crippen LogP contribution in [0.4, 0.5) is 0 Å². The van der Waals surface area contributed by atoms with Gasteiger partial charge in [-0.25, -0.2) is 0 Å². The zero-order valence-corrected chi connectivity index (χ0v) is 13.2. The maximum atomic E-state index is 12.7. The molecule has 120 valence electrons. The zero-order valence-electron chi connectivity index (χ0n) is 12.4. The quantitative estimate of drug-likeness (QED) is 0.682. The van der Waals surface area contributed by atoms with Crippen molar-refractivity contribution in [3.05, 3.63) is 29.9 Å². The van der Waals surface area contributed by atoms with Gasteiger partial charge in [-0.15, -0.1) is 11.6 Å². The average molecular weight is 325 g/mol. The molecule has 0 bridgehead atoms. The summed E-state index contributed by atoms with van der Waals surface area (Å²) in [4.78, 5) is 14.6. The molecule has 1 aromatic heterocycles. The van der Waals surface area contributed by atoms with E-state index in [1.807, 2.05) is 4.90 Å². The minimum atomic E-state index is -0.100. The van der Waals surface area contributed by atoms with Crippen molar-refractivity contribution in [2.45, 2.75) is 43.2 Å². The lowest BCUT2D eigenvalue weighted by Crippen LogP contribution is -2.56. The summed E-state index contributed by atoms with van der Waals surface area (Å²) in [5.41, 5.74) is 5.61. The van der Waals surface area contributed by atoms with Crippen LogP contribution in [0.3, 0.4) is 0 Å². The van der Waals surface area contributed by atoms with E-state index in [-0.39, 0.29) is 23.4 Å². The Labute approximate surface area is 135 Å². The van der Waals surface area contributed by atoms with Crippen LogP contribution in [0.5, 0.6) is 0 Å². The van der Waals surface area contributed by atoms with Crippen molar-refractivity contribution >= 4 is 23.6 Å². The van der Waals surface area contributed by atoms with Gasteiger partial charge in [-0.2, -0.15) is 0 Å². The second-order valence-corrected chi connectivity index (χ2v) is 6.42. The number of carbonyl (C=O) groups excluding carboxylic acids is 1. The summed E-state index contributed by atoms with van der Waals surface area (Å²) in [5.74, 6) is 0.865. The minimum Gasteiger partial charge on any atom is -0.482 e. The van der Waals surface area contributed by atoms with Gasteiger partial charge in [0.1, 0.15) is 11.9 Å². The number of nitrogens with two attached hydrogens (primary N) is 1. The Morgan fingerprint density at radius 1 is 1.45 bits per heavy atom. The number of rotatable bonds is 4. The molecule has 0 spiro atoms. The van der Waals surface area contributed by atoms with Crippen molar-refractivity contribution < 1.29 is 13.9 Å². The van der Waals surface area contributed by atoms with E-state index >= 15 is 0 Å². The number of hydrogen-bond donors (Lipinski definition) is 1. The number of amides is 1. The summed E-state index contributed by atoms with van der Waals surface area (Å²) in [7, 11) is 0. The number of fused-ring (bicyclic) bond motifs is 1. The first kappa shape index (κ1) is 15.4. The first-order chi connectivity index (χ1) is 10.7. The fraction of sp³-hybridized carbons (Fsp3) is 0.562. The van der Waals surface area contributed by atoms with Crippen molar-refractivity contribution in [1.29, 1.82) is 0 Å². The third kappa shape index (κ3) is 3.15. The first-order valence-electron chi connectivity index (χ1n) is 7.76. The van der Waals surface area contributed by atoms with Crippen molar-refractivity contribution in [3.8, 4) is 0 Å². The molecule has 3 atom stereocenters. The third-order valence-electron chi connectivity index (χ3n) is 4.26. The van der Waals surface area contributed by atoms with Gasteiger partial charge in [-0.1, -0.05) is 0 Å². The van der Waals surface area contributed by atoms with Crippen LogP contribution in [0.25, 0.3) is 6.08 Å². The molecule has 2 heterocycles. The van der Waals surface area contributed by atoms with E-state index in [9.17, 15) is 4.79 Å². The maximum absolute atomic E-state index is 12.7. The van der Waals surface area contributed by atoms with Gasteiger partial charge in [-0.3, -0.25) is 4.79 Å². The van der Waals surface area contributed by atoms with E-state index < -0.39 is 0 Å². The summed E-state index contributed by atoms with van der Waals surface area (Å²) >= 11 is 6.29. The normalized spacial score (nSPS) is 30.3. The number of carbonyl (C=O) groups is 1. The molecule has 6 heteroatoms. The molecular weight excluding hydrogens is 304 g/mol. The highest BCUT2D eigenvalue weighted by Gasteiger charge is 2.43. The number of alkyl halides is 1. The zero-order chi connectivity index (χ0) is 15.5. The highest BCUT2D eigenvalue weighted by atomic mass is 35.5. The number of nitrogens with zero attached hydrogens (tertiary/aromatic N) is 1. The lowest BCUT2D eigenvalue weighted by molar-refractivity contribution is -0.148. The predicted octanol–water partition coefficient (Wildman–Crippen LogP) is 2.36. The molecule has 2 fully saturated rings. The molecule has 2 N–H and O–H groups in total. The van der Waals surface area contributed by atoms with Gasteiger partial charge in [0.05, 0.1) is 12.3 Å². The molecule has 1 saturated heterocycles. The van der Waals surface area contributed by atoms with E-state index in [1.165, 1.54) is 0 Å². The Balaban J connectivity index is 1.84. The molecule has 1 aliphatic heterocycles. The smallest absolute Gasteiger partial charge is 0.289 e. The molecule has 1 amide bonds. The van der Waals surface area contributed by atoms with Gasteiger partial charge >= 0.3 is 0 Å². The molecule has 3 rings (SSSR count). The minimum absolute atomic E-state index is 0.00619. The molecule has 1 saturated carbocycles. The van der Waals surface area contributed by atoms with Crippen LogP contribution in [0, 0.1) is 0 Å². The fourth-order valence-corrected chi connectivity index (χ4v) is 3.48. The lowest BCUT2D eigenvalue weighted by atomic mass is 9.89. The molecule has 5 nitrogen and oxygen atoms in total. The molecule has 0 aromatic carbocycles. The monoisotopic (exact) mass is 324 g/mol. The second kappa shape index (κ2) is 6.75. The Kier molecular flexibility index (Phi) is 4.74. The van der Waals surface area contributed by atoms with Crippen LogP contribution in [-0.2, 0) is 9.53 Å². The molecule has 2 aliphatic rings. The standard InChI is InChI=1S/C16H21ClN2O3/c17-11-4-5-14-13(9-11)19(7-2-6-18)16(20)15(22-14)10-12-3-1-8-21-12/h1,3,8,10-11,13-14H,2,4-7,9,18H2/b15-10+. The maximum Gasteiger partial charge on any atom is 0.289 e. The Morgan fingerprint density at radius 3 is 3.05 bits per heavy atom. The van der Waals surface area contributed by atoms with Crippen LogP contribution >= 0.6 is 11.6 Å². The van der Waals surface area contributed by atoms with Gasteiger partial charge in [-0.05, 0) is 44.4 Å². The van der Waals surface area contributed by atoms with Crippen LogP contribution in [0.1, 0.15) is 31.4 Å². The first-order valence-corrected chi connectivity index (χ1v) is 8.19. The Hall–Kier alpha value is -1.46. The van der Waals surface area contributed by atoms with Gasteiger partial charge in [0.15, 0.2) is 5.76 Å². The highest BCUT2D eigenvalue weighted by molar-refractivity contribution is 6.20. The van der Waals surface area contributed by atoms with Crippen molar-refractivity contribution in [2.75, 3.05) is 13.1 Å². The number of hydrogen-bond acceptors (Lipinski definition) is 4. The Bertz CT molecular complexity index is 544. The highest BCUT2D eigenvalue weighted by Crippen LogP contribution is 2.35. The van der Waals surface area contributed by atoms with Gasteiger partial charge in [0, 0.05) is 18.0 Å². The van der Waals surface area contributed by atoms with E-state index in [2.05, 4.69) is 0 Å². The molecule has 0 radical (unpaired) electrons. The van der Waals surface area contributed by atoms with E-state index in [1.54, 1.807) is 24.5 Å². The van der Waals surface area contributed by atoms with Gasteiger partial charge in [0.25, 0.3) is 5.91 Å². The summed E-state index contributed by atoms with van der Waals surface area (Å²) in [6.45, 7) is 1.20. The number of furan rings is 1. The van der Waals surface area contributed by atoms with Gasteiger partial charge < -0.3 is 19.8 Å². The van der Waals surface area contributed by atoms with Crippen LogP contribution in [-0.4, -0.2) is 41.4 Å². The molecular formula is C16H21ClN2O3. The molecule has 3 unspecified atom stereocenters. The number of halogens is 1. The number of ether oxygens (including phenoxy) is 1. The summed E-state index contributed by atoms with van der Waals surface area (Å²) in [6, 6.07) is 3.63. The van der Waals surface area contributed by atoms with E-state index in [0.29, 0.717) is 24.6 Å². The largest absolute Gasteiger partial charge is 0.482 e. The average Bonchev–Trinajstić information content (AvgIpc) is 3.01. The van der Waals surface area contributed by atoms with E-state index in [4.69, 9.17) is 26.5 Å². The molecule has 1 aliphatic carbocycles. The molecule has 22 heavy (non-hydrogen) atoms. The summed E-state index contributed by atoms with van der Waals surface area (Å²) in [5, 5.41) is 0.105. The Morgan fingerprint density at radius 2 is 2.32 bits per heavy atom. The fourth-order valence-electron chi connectivity index (χ4n) is 3.17. The predicted molar refractivity (Wildman–Crippen MR) is 84.2 cm³/mol. The topological polar surface area (TPSA) is 68.7 Å². The molecule has 1 aromatic rings. The SMILES string of the molecule is NCCCN1C(=O)/C(=C\c2ccco2)OC2CCC(Cl)CC21. The van der Waals surface area contributed by atoms with Gasteiger partial charge in [0.2, 0.25) is 0 Å². The van der Waals surface area contributed by atoms with Crippen LogP contribution in [0.15, 0.2) is 28.6 Å². The summed E-state index contributed by atoms with van der Waals surface area (Å²) in [6.07, 6.45) is 6.57. The second-order valence-electron chi connectivity index (χ2n) is 5.80. The van der Waals surface area contributed by atoms with Crippen molar-refractivity contribution in [1.82, 2.24) is 4.90 Å². The lowest BCUT2D eigenvalue weighted by Gasteiger charge is -2.45. The summed E-state index contributed by atoms with van der Waals surface area (Å²) < 4.78 is 11.2. The van der Waals surface area contributed by atoms with Crippen LogP contribution < -0.4 is 5.73 Å². The van der Waals surface area contributed by atoms with Crippen molar-refractivity contribution in [2.24, 2.45) is 5.73 Å². The van der Waals surface area contributed by atoms with Crippen LogP contribution in [0.2, 0.25) is 0 Å². The van der Waals surface area contributed by atoms with Crippen molar-refractivity contribution in [3.63, 3.8) is 0 Å². The van der Waals surface area contributed by atoms with E-state index in [0.717, 1.165) is 25.7 Å².